The van der Waals surface area contributed by atoms with Crippen molar-refractivity contribution in [3.8, 4) is 11.6 Å². The lowest BCUT2D eigenvalue weighted by Crippen LogP contribution is -2.49. The minimum atomic E-state index is -4.73. The van der Waals surface area contributed by atoms with Gasteiger partial charge in [0.25, 0.3) is 0 Å². The molecule has 0 spiro atoms. The SMILES string of the molecule is C=CCOCC(COCC=C)N(C(=O)C1CCCCC1)c1ccc(Oc2ncccc2C(F)(F)F)cc1C(=O)O. The number of anilines is 1. The minimum Gasteiger partial charge on any atom is -0.478 e. The molecule has 1 fully saturated rings. The molecule has 3 rings (SSSR count). The summed E-state index contributed by atoms with van der Waals surface area (Å²) in [5.74, 6) is -2.89. The van der Waals surface area contributed by atoms with Gasteiger partial charge in [-0.2, -0.15) is 13.2 Å². The second-order valence-electron chi connectivity index (χ2n) is 9.29. The van der Waals surface area contributed by atoms with Gasteiger partial charge in [-0.3, -0.25) is 4.79 Å². The van der Waals surface area contributed by atoms with Gasteiger partial charge in [-0.05, 0) is 43.2 Å². The van der Waals surface area contributed by atoms with Gasteiger partial charge < -0.3 is 24.2 Å². The highest BCUT2D eigenvalue weighted by molar-refractivity contribution is 6.03. The van der Waals surface area contributed by atoms with Crippen LogP contribution in [0, 0.1) is 5.92 Å². The van der Waals surface area contributed by atoms with Gasteiger partial charge in [0.2, 0.25) is 11.8 Å². The molecule has 2 aromatic rings. The number of carbonyl (C=O) groups excluding carboxylic acids is 1. The Morgan fingerprint density at radius 2 is 1.73 bits per heavy atom. The fourth-order valence-corrected chi connectivity index (χ4v) is 4.57. The third-order valence-electron chi connectivity index (χ3n) is 6.40. The van der Waals surface area contributed by atoms with Crippen molar-refractivity contribution in [1.29, 1.82) is 0 Å². The summed E-state index contributed by atoms with van der Waals surface area (Å²) < 4.78 is 57.0. The van der Waals surface area contributed by atoms with Crippen molar-refractivity contribution in [1.82, 2.24) is 4.98 Å². The first-order chi connectivity index (χ1) is 19.2. The van der Waals surface area contributed by atoms with E-state index >= 15 is 0 Å². The number of rotatable bonds is 14. The number of aromatic carboxylic acids is 1. The second kappa shape index (κ2) is 14.6. The number of carboxylic acids is 1. The monoisotopic (exact) mass is 562 g/mol. The van der Waals surface area contributed by atoms with Gasteiger partial charge in [-0.1, -0.05) is 31.4 Å². The molecule has 0 saturated heterocycles. The van der Waals surface area contributed by atoms with Gasteiger partial charge in [-0.15, -0.1) is 13.2 Å². The third kappa shape index (κ3) is 8.15. The van der Waals surface area contributed by atoms with E-state index in [0.29, 0.717) is 12.8 Å². The molecule has 1 amide bonds. The molecule has 8 nitrogen and oxygen atoms in total. The number of ether oxygens (including phenoxy) is 3. The Kier molecular flexibility index (Phi) is 11.3. The number of carboxylic acid groups (broad SMARTS) is 1. The van der Waals surface area contributed by atoms with Crippen molar-refractivity contribution in [2.45, 2.75) is 44.3 Å². The molecular formula is C29H33F3N2O6. The van der Waals surface area contributed by atoms with E-state index in [1.54, 1.807) is 12.2 Å². The number of pyridine rings is 1. The number of hydrogen-bond donors (Lipinski definition) is 1. The van der Waals surface area contributed by atoms with E-state index in [-0.39, 0.29) is 55.3 Å². The van der Waals surface area contributed by atoms with E-state index in [2.05, 4.69) is 18.1 Å². The molecule has 1 aromatic heterocycles. The highest BCUT2D eigenvalue weighted by atomic mass is 19.4. The summed E-state index contributed by atoms with van der Waals surface area (Å²) in [6.45, 7) is 7.72. The van der Waals surface area contributed by atoms with Crippen molar-refractivity contribution in [3.63, 3.8) is 0 Å². The fraction of sp³-hybridized carbons (Fsp3) is 0.414. The molecule has 0 aliphatic heterocycles. The number of nitrogens with zero attached hydrogens (tertiary/aromatic N) is 2. The molecule has 0 atom stereocenters. The predicted octanol–water partition coefficient (Wildman–Crippen LogP) is 6.28. The minimum absolute atomic E-state index is 0.0296. The van der Waals surface area contributed by atoms with E-state index in [1.165, 1.54) is 17.0 Å². The Morgan fingerprint density at radius 3 is 2.30 bits per heavy atom. The van der Waals surface area contributed by atoms with E-state index in [1.807, 2.05) is 0 Å². The number of benzene rings is 1. The van der Waals surface area contributed by atoms with Crippen LogP contribution in [0.2, 0.25) is 0 Å². The van der Waals surface area contributed by atoms with E-state index in [0.717, 1.165) is 43.7 Å². The van der Waals surface area contributed by atoms with Crippen LogP contribution in [0.4, 0.5) is 18.9 Å². The van der Waals surface area contributed by atoms with E-state index in [9.17, 15) is 27.9 Å². The summed E-state index contributed by atoms with van der Waals surface area (Å²) in [4.78, 5) is 31.4. The molecular weight excluding hydrogens is 529 g/mol. The molecule has 0 unspecified atom stereocenters. The van der Waals surface area contributed by atoms with Gasteiger partial charge in [0.05, 0.1) is 43.7 Å². The Hall–Kier alpha value is -3.70. The molecule has 1 N–H and O–H groups in total. The maximum absolute atomic E-state index is 13.9. The summed E-state index contributed by atoms with van der Waals surface area (Å²) in [6, 6.07) is 4.98. The highest BCUT2D eigenvalue weighted by Gasteiger charge is 2.36. The molecule has 1 aliphatic rings. The topological polar surface area (TPSA) is 98.2 Å². The zero-order valence-electron chi connectivity index (χ0n) is 22.1. The van der Waals surface area contributed by atoms with Crippen molar-refractivity contribution in [3.05, 3.63) is 73.0 Å². The maximum atomic E-state index is 13.9. The molecule has 216 valence electrons. The average molecular weight is 563 g/mol. The Bertz CT molecular complexity index is 1170. The number of hydrogen-bond acceptors (Lipinski definition) is 6. The van der Waals surface area contributed by atoms with Crippen molar-refractivity contribution in [2.75, 3.05) is 31.3 Å². The van der Waals surface area contributed by atoms with Crippen LogP contribution < -0.4 is 9.64 Å². The fourth-order valence-electron chi connectivity index (χ4n) is 4.57. The van der Waals surface area contributed by atoms with Crippen LogP contribution >= 0.6 is 0 Å². The standard InChI is InChI=1S/C29H33F3N2O6/c1-3-15-38-18-21(19-39-16-4-2)34(27(35)20-9-6-5-7-10-20)25-13-12-22(17-23(25)28(36)37)40-26-24(29(30,31)32)11-8-14-33-26/h3-4,8,11-14,17,20-21H,1-2,5-7,9-10,15-16,18-19H2,(H,36,37). The molecule has 0 bridgehead atoms. The first kappa shape index (κ1) is 30.8. The number of aromatic nitrogens is 1. The van der Waals surface area contributed by atoms with Crippen molar-refractivity contribution >= 4 is 17.6 Å². The summed E-state index contributed by atoms with van der Waals surface area (Å²) >= 11 is 0. The molecule has 1 aromatic carbocycles. The maximum Gasteiger partial charge on any atom is 0.421 e. The normalized spacial score (nSPS) is 14.1. The predicted molar refractivity (Wildman–Crippen MR) is 143 cm³/mol. The zero-order chi connectivity index (χ0) is 29.1. The first-order valence-corrected chi connectivity index (χ1v) is 12.9. The summed E-state index contributed by atoms with van der Waals surface area (Å²) in [5.41, 5.74) is -1.38. The molecule has 11 heteroatoms. The molecule has 1 aliphatic carbocycles. The summed E-state index contributed by atoms with van der Waals surface area (Å²) in [7, 11) is 0. The Morgan fingerprint density at radius 1 is 1.07 bits per heavy atom. The molecule has 40 heavy (non-hydrogen) atoms. The zero-order valence-corrected chi connectivity index (χ0v) is 22.1. The highest BCUT2D eigenvalue weighted by Crippen LogP contribution is 2.38. The van der Waals surface area contributed by atoms with E-state index < -0.39 is 29.6 Å². The number of carbonyl (C=O) groups is 2. The number of amides is 1. The molecule has 0 radical (unpaired) electrons. The van der Waals surface area contributed by atoms with Crippen LogP contribution in [0.3, 0.4) is 0 Å². The lowest BCUT2D eigenvalue weighted by molar-refractivity contribution is -0.138. The van der Waals surface area contributed by atoms with Gasteiger partial charge in [0.1, 0.15) is 11.3 Å². The average Bonchev–Trinajstić information content (AvgIpc) is 2.93. The van der Waals surface area contributed by atoms with Crippen molar-refractivity contribution in [2.24, 2.45) is 5.92 Å². The smallest absolute Gasteiger partial charge is 0.421 e. The first-order valence-electron chi connectivity index (χ1n) is 12.9. The summed E-state index contributed by atoms with van der Waals surface area (Å²) in [6.07, 6.45) is 3.59. The van der Waals surface area contributed by atoms with Gasteiger partial charge in [0, 0.05) is 12.1 Å². The van der Waals surface area contributed by atoms with E-state index in [4.69, 9.17) is 14.2 Å². The summed E-state index contributed by atoms with van der Waals surface area (Å²) in [5, 5.41) is 10.1. The van der Waals surface area contributed by atoms with Crippen LogP contribution in [0.15, 0.2) is 61.8 Å². The van der Waals surface area contributed by atoms with Crippen LogP contribution in [-0.2, 0) is 20.4 Å². The van der Waals surface area contributed by atoms with Gasteiger partial charge >= 0.3 is 12.1 Å². The lowest BCUT2D eigenvalue weighted by atomic mass is 9.87. The molecule has 1 heterocycles. The van der Waals surface area contributed by atoms with Gasteiger partial charge in [0.15, 0.2) is 0 Å². The Labute approximate surface area is 231 Å². The van der Waals surface area contributed by atoms with Crippen molar-refractivity contribution < 1.29 is 42.1 Å². The lowest BCUT2D eigenvalue weighted by Gasteiger charge is -2.36. The Balaban J connectivity index is 2.06. The van der Waals surface area contributed by atoms with Crippen LogP contribution in [0.1, 0.15) is 48.0 Å². The largest absolute Gasteiger partial charge is 0.478 e. The van der Waals surface area contributed by atoms with Crippen LogP contribution in [0.5, 0.6) is 11.6 Å². The quantitative estimate of drug-likeness (QED) is 0.214. The number of halogens is 3. The number of alkyl halides is 3. The van der Waals surface area contributed by atoms with Gasteiger partial charge in [-0.25, -0.2) is 9.78 Å². The second-order valence-corrected chi connectivity index (χ2v) is 9.29. The van der Waals surface area contributed by atoms with Crippen LogP contribution in [0.25, 0.3) is 0 Å². The molecule has 1 saturated carbocycles. The third-order valence-corrected chi connectivity index (χ3v) is 6.40. The van der Waals surface area contributed by atoms with Crippen LogP contribution in [-0.4, -0.2) is 54.4 Å².